The van der Waals surface area contributed by atoms with E-state index >= 15 is 0 Å². The third-order valence-corrected chi connectivity index (χ3v) is 4.13. The van der Waals surface area contributed by atoms with Crippen LogP contribution in [-0.4, -0.2) is 13.1 Å². The van der Waals surface area contributed by atoms with Gasteiger partial charge in [0.25, 0.3) is 0 Å². The fraction of sp³-hybridized carbons (Fsp3) is 0.136. The summed E-state index contributed by atoms with van der Waals surface area (Å²) in [5.74, 6) is 0.596. The molecule has 3 aromatic carbocycles. The molecule has 5 heteroatoms. The van der Waals surface area contributed by atoms with Gasteiger partial charge >= 0.3 is 5.97 Å². The van der Waals surface area contributed by atoms with Crippen molar-refractivity contribution < 1.29 is 19.0 Å². The average Bonchev–Trinajstić information content (AvgIpc) is 2.71. The van der Waals surface area contributed by atoms with E-state index in [1.165, 1.54) is 7.11 Å². The fourth-order valence-electron chi connectivity index (χ4n) is 2.51. The number of halogens is 1. The Morgan fingerprint density at radius 1 is 0.852 bits per heavy atom. The Bertz CT molecular complexity index is 909. The maximum Gasteiger partial charge on any atom is 0.338 e. The zero-order chi connectivity index (χ0) is 19.1. The van der Waals surface area contributed by atoms with Gasteiger partial charge in [-0.05, 0) is 41.5 Å². The van der Waals surface area contributed by atoms with Crippen molar-refractivity contribution in [1.82, 2.24) is 0 Å². The van der Waals surface area contributed by atoms with Crippen LogP contribution < -0.4 is 9.47 Å². The van der Waals surface area contributed by atoms with E-state index in [1.807, 2.05) is 42.5 Å². The summed E-state index contributed by atoms with van der Waals surface area (Å²) < 4.78 is 16.5. The van der Waals surface area contributed by atoms with Crippen LogP contribution in [0, 0.1) is 0 Å². The highest BCUT2D eigenvalue weighted by molar-refractivity contribution is 6.30. The van der Waals surface area contributed by atoms with Crippen LogP contribution in [0.4, 0.5) is 0 Å². The zero-order valence-corrected chi connectivity index (χ0v) is 15.6. The van der Waals surface area contributed by atoms with Crippen LogP contribution in [-0.2, 0) is 18.0 Å². The van der Waals surface area contributed by atoms with E-state index in [4.69, 9.17) is 25.8 Å². The molecule has 138 valence electrons. The van der Waals surface area contributed by atoms with Crippen molar-refractivity contribution in [1.29, 1.82) is 0 Å². The molecule has 0 N–H and O–H groups in total. The third kappa shape index (κ3) is 5.25. The van der Waals surface area contributed by atoms with Gasteiger partial charge in [-0.3, -0.25) is 0 Å². The molecule has 3 aromatic rings. The van der Waals surface area contributed by atoms with Gasteiger partial charge < -0.3 is 14.2 Å². The minimum absolute atomic E-state index is 0.147. The Morgan fingerprint density at radius 3 is 2.37 bits per heavy atom. The van der Waals surface area contributed by atoms with Crippen LogP contribution in [0.2, 0.25) is 5.02 Å². The molecule has 0 radical (unpaired) electrons. The first-order chi connectivity index (χ1) is 13.2. The molecule has 0 bridgehead atoms. The molecule has 4 nitrogen and oxygen atoms in total. The maximum absolute atomic E-state index is 12.3. The molecule has 0 unspecified atom stereocenters. The minimum Gasteiger partial charge on any atom is -0.493 e. The smallest absolute Gasteiger partial charge is 0.338 e. The first-order valence-corrected chi connectivity index (χ1v) is 8.80. The van der Waals surface area contributed by atoms with E-state index in [2.05, 4.69) is 0 Å². The molecule has 0 saturated heterocycles. The van der Waals surface area contributed by atoms with Crippen LogP contribution in [0.5, 0.6) is 11.5 Å². The highest BCUT2D eigenvalue weighted by Gasteiger charge is 2.13. The third-order valence-electron chi connectivity index (χ3n) is 3.90. The highest BCUT2D eigenvalue weighted by Crippen LogP contribution is 2.29. The normalized spacial score (nSPS) is 10.3. The molecule has 0 spiro atoms. The first kappa shape index (κ1) is 18.8. The Hall–Kier alpha value is -2.98. The molecule has 27 heavy (non-hydrogen) atoms. The predicted molar refractivity (Wildman–Crippen MR) is 104 cm³/mol. The van der Waals surface area contributed by atoms with Crippen molar-refractivity contribution in [2.75, 3.05) is 7.11 Å². The summed E-state index contributed by atoms with van der Waals surface area (Å²) in [5.41, 5.74) is 2.26. The number of methoxy groups -OCH3 is 1. The van der Waals surface area contributed by atoms with E-state index in [9.17, 15) is 4.79 Å². The quantitative estimate of drug-likeness (QED) is 0.521. The summed E-state index contributed by atoms with van der Waals surface area (Å²) in [6.45, 7) is 0.559. The van der Waals surface area contributed by atoms with Crippen LogP contribution in [0.3, 0.4) is 0 Å². The largest absolute Gasteiger partial charge is 0.493 e. The zero-order valence-electron chi connectivity index (χ0n) is 14.9. The van der Waals surface area contributed by atoms with Gasteiger partial charge in [0.15, 0.2) is 11.5 Å². The monoisotopic (exact) mass is 382 g/mol. The molecule has 0 aliphatic heterocycles. The molecular formula is C22H19ClO4. The lowest BCUT2D eigenvalue weighted by Crippen LogP contribution is -2.06. The van der Waals surface area contributed by atoms with Crippen LogP contribution in [0.1, 0.15) is 21.5 Å². The van der Waals surface area contributed by atoms with Gasteiger partial charge in [-0.25, -0.2) is 4.79 Å². The summed E-state index contributed by atoms with van der Waals surface area (Å²) in [6.07, 6.45) is 0. The number of carbonyl (C=O) groups is 1. The van der Waals surface area contributed by atoms with E-state index in [1.54, 1.807) is 30.3 Å². The average molecular weight is 383 g/mol. The number of ether oxygens (including phenoxy) is 3. The second-order valence-corrected chi connectivity index (χ2v) is 6.28. The van der Waals surface area contributed by atoms with Gasteiger partial charge in [0.05, 0.1) is 12.7 Å². The molecule has 0 heterocycles. The van der Waals surface area contributed by atoms with Gasteiger partial charge in [-0.15, -0.1) is 0 Å². The number of hydrogen-bond acceptors (Lipinski definition) is 4. The van der Waals surface area contributed by atoms with E-state index in [-0.39, 0.29) is 6.61 Å². The van der Waals surface area contributed by atoms with Gasteiger partial charge in [-0.2, -0.15) is 0 Å². The highest BCUT2D eigenvalue weighted by atomic mass is 35.5. The Morgan fingerprint density at radius 2 is 1.63 bits per heavy atom. The fourth-order valence-corrected chi connectivity index (χ4v) is 2.72. The second kappa shape index (κ2) is 9.10. The van der Waals surface area contributed by atoms with Gasteiger partial charge in [0, 0.05) is 5.02 Å². The van der Waals surface area contributed by atoms with Gasteiger partial charge in [0.1, 0.15) is 13.2 Å². The molecule has 0 fully saturated rings. The summed E-state index contributed by atoms with van der Waals surface area (Å²) in [6, 6.07) is 22.0. The predicted octanol–water partition coefficient (Wildman–Crippen LogP) is 5.28. The molecule has 0 atom stereocenters. The standard InChI is InChI=1S/C22H19ClO4/c1-25-21-13-18(22(24)27-15-17-8-5-9-19(23)12-17)10-11-20(21)26-14-16-6-3-2-4-7-16/h2-13H,14-15H2,1H3. The van der Waals surface area contributed by atoms with Crippen LogP contribution >= 0.6 is 11.6 Å². The molecule has 0 aliphatic carbocycles. The number of hydrogen-bond donors (Lipinski definition) is 0. The van der Waals surface area contributed by atoms with Crippen molar-refractivity contribution in [3.63, 3.8) is 0 Å². The number of carbonyl (C=O) groups excluding carboxylic acids is 1. The molecule has 0 aromatic heterocycles. The Balaban J connectivity index is 1.64. The SMILES string of the molecule is COc1cc(C(=O)OCc2cccc(Cl)c2)ccc1OCc1ccccc1. The molecular weight excluding hydrogens is 364 g/mol. The topological polar surface area (TPSA) is 44.8 Å². The van der Waals surface area contributed by atoms with Gasteiger partial charge in [0.2, 0.25) is 0 Å². The number of rotatable bonds is 7. The van der Waals surface area contributed by atoms with Crippen LogP contribution in [0.15, 0.2) is 72.8 Å². The lowest BCUT2D eigenvalue weighted by atomic mass is 10.2. The second-order valence-electron chi connectivity index (χ2n) is 5.85. The number of benzene rings is 3. The number of esters is 1. The van der Waals surface area contributed by atoms with E-state index in [0.717, 1.165) is 11.1 Å². The molecule has 0 amide bonds. The Kier molecular flexibility index (Phi) is 6.34. The summed E-state index contributed by atoms with van der Waals surface area (Å²) in [4.78, 5) is 12.3. The molecule has 0 aliphatic rings. The molecule has 0 saturated carbocycles. The van der Waals surface area contributed by atoms with Crippen molar-refractivity contribution in [3.8, 4) is 11.5 Å². The van der Waals surface area contributed by atoms with Crippen molar-refractivity contribution in [3.05, 3.63) is 94.5 Å². The maximum atomic E-state index is 12.3. The first-order valence-electron chi connectivity index (χ1n) is 8.42. The van der Waals surface area contributed by atoms with Crippen molar-refractivity contribution in [2.24, 2.45) is 0 Å². The lowest BCUT2D eigenvalue weighted by molar-refractivity contribution is 0.0472. The molecule has 3 rings (SSSR count). The van der Waals surface area contributed by atoms with E-state index < -0.39 is 5.97 Å². The summed E-state index contributed by atoms with van der Waals surface area (Å²) in [5, 5.41) is 0.602. The van der Waals surface area contributed by atoms with E-state index in [0.29, 0.717) is 28.7 Å². The minimum atomic E-state index is -0.442. The summed E-state index contributed by atoms with van der Waals surface area (Å²) >= 11 is 5.94. The summed E-state index contributed by atoms with van der Waals surface area (Å²) in [7, 11) is 1.53. The van der Waals surface area contributed by atoms with Crippen molar-refractivity contribution >= 4 is 17.6 Å². The van der Waals surface area contributed by atoms with Gasteiger partial charge in [-0.1, -0.05) is 54.1 Å². The lowest BCUT2D eigenvalue weighted by Gasteiger charge is -2.12. The van der Waals surface area contributed by atoms with Crippen molar-refractivity contribution in [2.45, 2.75) is 13.2 Å². The Labute approximate surface area is 163 Å². The van der Waals surface area contributed by atoms with Crippen LogP contribution in [0.25, 0.3) is 0 Å².